The molecule has 5 rings (SSSR count). The minimum absolute atomic E-state index is 0.0741. The molecule has 5 atom stereocenters. The molecule has 1 saturated heterocycles. The van der Waals surface area contributed by atoms with Crippen LogP contribution in [-0.4, -0.2) is 120 Å². The fourth-order valence-electron chi connectivity index (χ4n) is 9.00. The van der Waals surface area contributed by atoms with E-state index in [4.69, 9.17) is 28.4 Å². The van der Waals surface area contributed by atoms with Crippen LogP contribution in [0.1, 0.15) is 154 Å². The van der Waals surface area contributed by atoms with Crippen LogP contribution in [0.25, 0.3) is 0 Å². The molecule has 6 N–H and O–H groups in total. The Hall–Kier alpha value is -5.22. The fraction of sp³-hybridized carbons (Fsp3) is 0.567. The molecular weight excluding hydrogens is 945 g/mol. The number of aliphatic hydroxyl groups excluding tert-OH is 3. The second-order valence-electron chi connectivity index (χ2n) is 24.5. The molecule has 1 aliphatic rings. The number of hydrogen-bond acceptors (Lipinski definition) is 14. The maximum atomic E-state index is 13.8. The number of aromatic hydroxyl groups is 3. The van der Waals surface area contributed by atoms with Gasteiger partial charge < -0.3 is 59.1 Å². The van der Waals surface area contributed by atoms with Crippen LogP contribution >= 0.6 is 0 Å². The number of aliphatic hydroxyl groups is 3. The van der Waals surface area contributed by atoms with Crippen molar-refractivity contribution in [1.82, 2.24) is 0 Å². The van der Waals surface area contributed by atoms with Gasteiger partial charge in [0, 0.05) is 10.8 Å². The Morgan fingerprint density at radius 2 is 0.905 bits per heavy atom. The fourth-order valence-corrected chi connectivity index (χ4v) is 9.00. The average molecular weight is 1030 g/mol. The van der Waals surface area contributed by atoms with E-state index in [0.717, 1.165) is 39.1 Å². The lowest BCUT2D eigenvalue weighted by Crippen LogP contribution is -2.34. The number of esters is 2. The van der Waals surface area contributed by atoms with E-state index < -0.39 is 70.5 Å². The molecule has 0 aromatic heterocycles. The first kappa shape index (κ1) is 59.7. The third-order valence-electron chi connectivity index (χ3n) is 13.8. The van der Waals surface area contributed by atoms with E-state index in [1.165, 1.54) is 0 Å². The summed E-state index contributed by atoms with van der Waals surface area (Å²) in [4.78, 5) is 27.4. The minimum atomic E-state index is -1.26. The van der Waals surface area contributed by atoms with Crippen LogP contribution in [0.4, 0.5) is 0 Å². The molecule has 5 unspecified atom stereocenters. The molecule has 14 heteroatoms. The van der Waals surface area contributed by atoms with Gasteiger partial charge in [0.05, 0.1) is 45.9 Å². The van der Waals surface area contributed by atoms with Crippen molar-refractivity contribution in [2.75, 3.05) is 52.9 Å². The third-order valence-corrected chi connectivity index (χ3v) is 13.8. The molecular formula is C60H84O14. The van der Waals surface area contributed by atoms with Gasteiger partial charge in [-0.1, -0.05) is 145 Å². The van der Waals surface area contributed by atoms with Gasteiger partial charge >= 0.3 is 11.9 Å². The van der Waals surface area contributed by atoms with Crippen molar-refractivity contribution in [1.29, 1.82) is 0 Å². The predicted octanol–water partition coefficient (Wildman–Crippen LogP) is 9.07. The highest BCUT2D eigenvalue weighted by atomic mass is 16.6. The Kier molecular flexibility index (Phi) is 19.2. The smallest absolute Gasteiger partial charge is 0.307 e. The van der Waals surface area contributed by atoms with Crippen LogP contribution in [0.2, 0.25) is 0 Å². The number of phenolic OH excluding ortho intramolecular Hbond substituents is 3. The standard InChI is InChI=1S/C60H84O14/c1-55(2,3)45-23-37(15-19-49(45)64)59(13,38-16-20-50(65)46(24-38)56(4,5)6)27-54(68)74-33-42(63)31-70-43(29-61)34-69-30-41(62)32-73-53(67)28-60(14,39-17-21-51(66)47(25-39)57(7,8)9)40-18-22-52(72-36-44-35-71-44)48(26-40)58(10,11)12/h15-26,41-44,61-66H,27-36H2,1-14H3. The summed E-state index contributed by atoms with van der Waals surface area (Å²) in [5.41, 5.74) is 2.79. The number of phenols is 3. The average Bonchev–Trinajstić information content (AvgIpc) is 4.14. The topological polar surface area (TPSA) is 214 Å². The zero-order valence-electron chi connectivity index (χ0n) is 46.3. The minimum Gasteiger partial charge on any atom is -0.508 e. The highest BCUT2D eigenvalue weighted by molar-refractivity contribution is 5.74. The second kappa shape index (κ2) is 23.8. The Labute approximate surface area is 439 Å². The quantitative estimate of drug-likeness (QED) is 0.0302. The second-order valence-corrected chi connectivity index (χ2v) is 24.5. The number of hydrogen-bond donors (Lipinski definition) is 6. The van der Waals surface area contributed by atoms with E-state index in [-0.39, 0.29) is 68.0 Å². The lowest BCUT2D eigenvalue weighted by atomic mass is 9.70. The van der Waals surface area contributed by atoms with Crippen molar-refractivity contribution < 1.29 is 68.6 Å². The summed E-state index contributed by atoms with van der Waals surface area (Å²) in [6.07, 6.45) is -3.54. The number of carbonyl (C=O) groups excluding carboxylic acids is 2. The zero-order valence-corrected chi connectivity index (χ0v) is 46.3. The first-order valence-corrected chi connectivity index (χ1v) is 25.6. The summed E-state index contributed by atoms with van der Waals surface area (Å²) in [5.74, 6) is -0.0155. The molecule has 408 valence electrons. The Balaban J connectivity index is 1.17. The monoisotopic (exact) mass is 1030 g/mol. The lowest BCUT2D eigenvalue weighted by Gasteiger charge is -2.34. The largest absolute Gasteiger partial charge is 0.508 e. The van der Waals surface area contributed by atoms with Gasteiger partial charge in [-0.15, -0.1) is 0 Å². The number of ether oxygens (including phenoxy) is 6. The summed E-state index contributed by atoms with van der Waals surface area (Å²) in [6, 6.07) is 21.9. The molecule has 4 aromatic carbocycles. The van der Waals surface area contributed by atoms with Gasteiger partial charge in [0.25, 0.3) is 0 Å². The first-order valence-electron chi connectivity index (χ1n) is 25.6. The number of benzene rings is 4. The van der Waals surface area contributed by atoms with Crippen molar-refractivity contribution in [3.05, 3.63) is 117 Å². The summed E-state index contributed by atoms with van der Waals surface area (Å²) in [5, 5.41) is 64.2. The van der Waals surface area contributed by atoms with E-state index in [2.05, 4.69) is 26.8 Å². The van der Waals surface area contributed by atoms with Crippen LogP contribution in [0.3, 0.4) is 0 Å². The van der Waals surface area contributed by atoms with Gasteiger partial charge in [0.1, 0.15) is 67.2 Å². The molecule has 0 spiro atoms. The molecule has 1 aliphatic heterocycles. The van der Waals surface area contributed by atoms with Crippen LogP contribution in [-0.2, 0) is 65.8 Å². The molecule has 0 bridgehead atoms. The van der Waals surface area contributed by atoms with E-state index in [1.807, 2.05) is 113 Å². The molecule has 74 heavy (non-hydrogen) atoms. The zero-order chi connectivity index (χ0) is 55.2. The molecule has 0 saturated carbocycles. The van der Waals surface area contributed by atoms with Crippen molar-refractivity contribution in [2.45, 2.75) is 167 Å². The maximum absolute atomic E-state index is 13.8. The summed E-state index contributed by atoms with van der Waals surface area (Å²) < 4.78 is 34.2. The predicted molar refractivity (Wildman–Crippen MR) is 285 cm³/mol. The van der Waals surface area contributed by atoms with E-state index in [0.29, 0.717) is 24.3 Å². The van der Waals surface area contributed by atoms with Gasteiger partial charge in [-0.3, -0.25) is 9.59 Å². The number of rotatable bonds is 23. The van der Waals surface area contributed by atoms with Gasteiger partial charge in [0.15, 0.2) is 0 Å². The summed E-state index contributed by atoms with van der Waals surface area (Å²) >= 11 is 0. The van der Waals surface area contributed by atoms with Crippen molar-refractivity contribution >= 4 is 11.9 Å². The number of epoxide rings is 1. The molecule has 1 fully saturated rings. The lowest BCUT2D eigenvalue weighted by molar-refractivity contribution is -0.152. The molecule has 0 amide bonds. The van der Waals surface area contributed by atoms with Crippen LogP contribution < -0.4 is 4.74 Å². The summed E-state index contributed by atoms with van der Waals surface area (Å²) in [6.45, 7) is 27.2. The Bertz CT molecular complexity index is 2470. The van der Waals surface area contributed by atoms with E-state index in [9.17, 15) is 40.2 Å². The van der Waals surface area contributed by atoms with Crippen molar-refractivity contribution in [3.63, 3.8) is 0 Å². The first-order chi connectivity index (χ1) is 34.3. The molecule has 1 heterocycles. The van der Waals surface area contributed by atoms with Gasteiger partial charge in [-0.05, 0) is 90.4 Å². The van der Waals surface area contributed by atoms with Gasteiger partial charge in [-0.25, -0.2) is 0 Å². The molecule has 0 aliphatic carbocycles. The highest BCUT2D eigenvalue weighted by Crippen LogP contribution is 2.45. The van der Waals surface area contributed by atoms with Crippen molar-refractivity contribution in [3.8, 4) is 23.0 Å². The van der Waals surface area contributed by atoms with Crippen molar-refractivity contribution in [2.24, 2.45) is 0 Å². The van der Waals surface area contributed by atoms with Crippen LogP contribution in [0.5, 0.6) is 23.0 Å². The Morgan fingerprint density at radius 3 is 1.27 bits per heavy atom. The third kappa shape index (κ3) is 15.7. The van der Waals surface area contributed by atoms with Gasteiger partial charge in [0.2, 0.25) is 0 Å². The van der Waals surface area contributed by atoms with Crippen LogP contribution in [0, 0.1) is 0 Å². The normalized spacial score (nSPS) is 16.5. The number of carbonyl (C=O) groups is 2. The van der Waals surface area contributed by atoms with Gasteiger partial charge in [-0.2, -0.15) is 0 Å². The highest BCUT2D eigenvalue weighted by Gasteiger charge is 2.38. The SMILES string of the molecule is CC(C)(C)c1cc(C(C)(CC(=O)OCC(O)COCC(CO)OCC(O)COC(=O)CC(C)(c2ccc(O)c(C(C)(C)C)c2)c2ccc(O)c(C(C)(C)C)c2)c2ccc(OCC3CO3)c(C(C)(C)C)c2)ccc1O. The molecule has 4 aromatic rings. The molecule has 14 nitrogen and oxygen atoms in total. The van der Waals surface area contributed by atoms with E-state index >= 15 is 0 Å². The van der Waals surface area contributed by atoms with Crippen LogP contribution in [0.15, 0.2) is 72.8 Å². The van der Waals surface area contributed by atoms with E-state index in [1.54, 1.807) is 30.3 Å². The Morgan fingerprint density at radius 1 is 0.541 bits per heavy atom. The summed E-state index contributed by atoms with van der Waals surface area (Å²) in [7, 11) is 0. The molecule has 0 radical (unpaired) electrons. The maximum Gasteiger partial charge on any atom is 0.307 e.